The van der Waals surface area contributed by atoms with Crippen molar-refractivity contribution in [2.75, 3.05) is 13.1 Å². The average molecular weight is 404 g/mol. The number of nitrogens with one attached hydrogen (secondary N) is 2. The lowest BCUT2D eigenvalue weighted by molar-refractivity contribution is 0.428. The second-order valence-corrected chi connectivity index (χ2v) is 9.28. The molecule has 1 aromatic heterocycles. The summed E-state index contributed by atoms with van der Waals surface area (Å²) in [6.45, 7) is 1.66. The van der Waals surface area contributed by atoms with Crippen LogP contribution in [0.15, 0.2) is 18.5 Å². The summed E-state index contributed by atoms with van der Waals surface area (Å²) < 4.78 is 28.5. The summed E-state index contributed by atoms with van der Waals surface area (Å²) in [4.78, 5) is 0.306. The third-order valence-electron chi connectivity index (χ3n) is 2.53. The first kappa shape index (κ1) is 14.0. The fraction of sp³-hybridized carbons (Fsp3) is 0.556. The summed E-state index contributed by atoms with van der Waals surface area (Å²) in [5.41, 5.74) is 0. The van der Waals surface area contributed by atoms with Crippen LogP contribution in [0.1, 0.15) is 12.8 Å². The fourth-order valence-corrected chi connectivity index (χ4v) is 6.83. The molecule has 0 amide bonds. The molecule has 0 bridgehead atoms. The molecular formula is C9H12Br2N2O2S2. The van der Waals surface area contributed by atoms with Crippen molar-refractivity contribution in [3.8, 4) is 0 Å². The van der Waals surface area contributed by atoms with Crippen molar-refractivity contribution in [1.82, 2.24) is 10.0 Å². The van der Waals surface area contributed by atoms with E-state index in [0.29, 0.717) is 15.2 Å². The van der Waals surface area contributed by atoms with Gasteiger partial charge in [0.2, 0.25) is 10.0 Å². The van der Waals surface area contributed by atoms with E-state index in [-0.39, 0.29) is 6.04 Å². The van der Waals surface area contributed by atoms with Gasteiger partial charge < -0.3 is 5.32 Å². The molecule has 17 heavy (non-hydrogen) atoms. The van der Waals surface area contributed by atoms with E-state index < -0.39 is 10.0 Å². The summed E-state index contributed by atoms with van der Waals surface area (Å²) in [5, 5.41) is 3.18. The molecule has 1 saturated heterocycles. The Morgan fingerprint density at radius 3 is 2.76 bits per heavy atom. The zero-order valence-corrected chi connectivity index (χ0v) is 13.7. The maximum absolute atomic E-state index is 12.2. The minimum absolute atomic E-state index is 0.0145. The van der Waals surface area contributed by atoms with Crippen LogP contribution in [0.25, 0.3) is 0 Å². The van der Waals surface area contributed by atoms with Crippen molar-refractivity contribution in [3.63, 3.8) is 0 Å². The molecule has 4 nitrogen and oxygen atoms in total. The van der Waals surface area contributed by atoms with Gasteiger partial charge >= 0.3 is 0 Å². The summed E-state index contributed by atoms with van der Waals surface area (Å²) in [7, 11) is -3.43. The first-order valence-corrected chi connectivity index (χ1v) is 9.05. The molecule has 0 saturated carbocycles. The van der Waals surface area contributed by atoms with Crippen LogP contribution in [0.5, 0.6) is 0 Å². The lowest BCUT2D eigenvalue weighted by atomic mass is 10.1. The monoisotopic (exact) mass is 402 g/mol. The highest BCUT2D eigenvalue weighted by atomic mass is 79.9. The van der Waals surface area contributed by atoms with Crippen molar-refractivity contribution >= 4 is 53.2 Å². The van der Waals surface area contributed by atoms with E-state index in [1.807, 2.05) is 0 Å². The van der Waals surface area contributed by atoms with Crippen LogP contribution in [0.3, 0.4) is 0 Å². The average Bonchev–Trinajstić information content (AvgIpc) is 2.59. The summed E-state index contributed by atoms with van der Waals surface area (Å²) in [5.74, 6) is 0. The van der Waals surface area contributed by atoms with E-state index in [1.165, 1.54) is 11.3 Å². The molecule has 1 atom stereocenters. The van der Waals surface area contributed by atoms with E-state index in [4.69, 9.17) is 0 Å². The van der Waals surface area contributed by atoms with E-state index in [2.05, 4.69) is 41.9 Å². The molecule has 8 heteroatoms. The number of rotatable bonds is 3. The van der Waals surface area contributed by atoms with Crippen LogP contribution < -0.4 is 10.0 Å². The molecule has 1 fully saturated rings. The third-order valence-corrected chi connectivity index (χ3v) is 6.81. The Hall–Kier alpha value is 0.530. The fourth-order valence-electron chi connectivity index (χ4n) is 1.74. The zero-order chi connectivity index (χ0) is 12.5. The smallest absolute Gasteiger partial charge is 0.242 e. The van der Waals surface area contributed by atoms with Gasteiger partial charge in [-0.3, -0.25) is 0 Å². The van der Waals surface area contributed by atoms with Crippen molar-refractivity contribution in [2.24, 2.45) is 0 Å². The van der Waals surface area contributed by atoms with Gasteiger partial charge in [-0.25, -0.2) is 13.1 Å². The molecule has 0 spiro atoms. The van der Waals surface area contributed by atoms with Gasteiger partial charge in [0, 0.05) is 12.6 Å². The van der Waals surface area contributed by atoms with Gasteiger partial charge in [0.1, 0.15) is 4.90 Å². The van der Waals surface area contributed by atoms with Crippen LogP contribution in [0, 0.1) is 0 Å². The van der Waals surface area contributed by atoms with Crippen molar-refractivity contribution in [3.05, 3.63) is 13.6 Å². The van der Waals surface area contributed by atoms with Gasteiger partial charge in [-0.2, -0.15) is 0 Å². The maximum atomic E-state index is 12.2. The van der Waals surface area contributed by atoms with Gasteiger partial charge in [0.25, 0.3) is 0 Å². The van der Waals surface area contributed by atoms with Gasteiger partial charge in [-0.1, -0.05) is 0 Å². The molecule has 2 N–H and O–H groups in total. The summed E-state index contributed by atoms with van der Waals surface area (Å²) in [6.07, 6.45) is 1.89. The minimum Gasteiger partial charge on any atom is -0.315 e. The minimum atomic E-state index is -3.43. The molecular weight excluding hydrogens is 392 g/mol. The van der Waals surface area contributed by atoms with E-state index in [0.717, 1.165) is 23.2 Å². The highest BCUT2D eigenvalue weighted by molar-refractivity contribution is 9.12. The number of halogens is 2. The Bertz CT molecular complexity index is 495. The second-order valence-electron chi connectivity index (χ2n) is 3.85. The van der Waals surface area contributed by atoms with Crippen LogP contribution in [-0.2, 0) is 10.0 Å². The van der Waals surface area contributed by atoms with Gasteiger partial charge in [0.15, 0.2) is 0 Å². The largest absolute Gasteiger partial charge is 0.315 e. The molecule has 0 unspecified atom stereocenters. The molecule has 1 aromatic rings. The quantitative estimate of drug-likeness (QED) is 0.813. The molecule has 0 aromatic carbocycles. The third kappa shape index (κ3) is 3.51. The molecule has 0 aliphatic carbocycles. The number of hydrogen-bond acceptors (Lipinski definition) is 4. The topological polar surface area (TPSA) is 58.2 Å². The number of hydrogen-bond donors (Lipinski definition) is 2. The van der Waals surface area contributed by atoms with Gasteiger partial charge in [-0.05, 0) is 57.3 Å². The molecule has 0 radical (unpaired) electrons. The molecule has 2 rings (SSSR count). The SMILES string of the molecule is O=S(=O)(N[C@H]1CCCNC1)c1cc(Br)sc1Br. The first-order chi connectivity index (χ1) is 7.99. The zero-order valence-electron chi connectivity index (χ0n) is 8.87. The maximum Gasteiger partial charge on any atom is 0.242 e. The van der Waals surface area contributed by atoms with E-state index in [1.54, 1.807) is 6.07 Å². The standard InChI is InChI=1S/C9H12Br2N2O2S2/c10-8-4-7(9(11)16-8)17(14,15)13-6-2-1-3-12-5-6/h4,6,12-13H,1-3,5H2/t6-/m0/s1. The predicted molar refractivity (Wildman–Crippen MR) is 75.9 cm³/mol. The Morgan fingerprint density at radius 1 is 1.47 bits per heavy atom. The van der Waals surface area contributed by atoms with Crippen molar-refractivity contribution < 1.29 is 8.42 Å². The van der Waals surface area contributed by atoms with E-state index in [9.17, 15) is 8.42 Å². The van der Waals surface area contributed by atoms with Gasteiger partial charge in [-0.15, -0.1) is 11.3 Å². The Kier molecular flexibility index (Phi) is 4.65. The van der Waals surface area contributed by atoms with Crippen molar-refractivity contribution in [2.45, 2.75) is 23.8 Å². The molecule has 96 valence electrons. The van der Waals surface area contributed by atoms with Crippen LogP contribution in [0.4, 0.5) is 0 Å². The molecule has 1 aliphatic rings. The van der Waals surface area contributed by atoms with Gasteiger partial charge in [0.05, 0.1) is 7.57 Å². The summed E-state index contributed by atoms with van der Waals surface area (Å²) >= 11 is 7.91. The predicted octanol–water partition coefficient (Wildman–Crippen LogP) is 2.30. The highest BCUT2D eigenvalue weighted by Gasteiger charge is 2.25. The van der Waals surface area contributed by atoms with Crippen LogP contribution in [0.2, 0.25) is 0 Å². The Labute approximate surface area is 121 Å². The lowest BCUT2D eigenvalue weighted by Crippen LogP contribution is -2.45. The number of piperidine rings is 1. The molecule has 1 aliphatic heterocycles. The number of sulfonamides is 1. The lowest BCUT2D eigenvalue weighted by Gasteiger charge is -2.23. The first-order valence-electron chi connectivity index (χ1n) is 5.17. The van der Waals surface area contributed by atoms with Crippen LogP contribution in [-0.4, -0.2) is 27.5 Å². The van der Waals surface area contributed by atoms with Crippen molar-refractivity contribution in [1.29, 1.82) is 0 Å². The second kappa shape index (κ2) is 5.66. The number of thiophene rings is 1. The van der Waals surface area contributed by atoms with E-state index >= 15 is 0 Å². The Balaban J connectivity index is 2.15. The molecule has 2 heterocycles. The normalized spacial score (nSPS) is 21.6. The highest BCUT2D eigenvalue weighted by Crippen LogP contribution is 2.34. The summed E-state index contributed by atoms with van der Waals surface area (Å²) in [6, 6.07) is 1.60. The van der Waals surface area contributed by atoms with Crippen LogP contribution >= 0.6 is 43.2 Å². The Morgan fingerprint density at radius 2 is 2.24 bits per heavy atom.